The summed E-state index contributed by atoms with van der Waals surface area (Å²) >= 11 is 9.07. The number of ether oxygens (including phenoxy) is 1. The molecule has 21 heavy (non-hydrogen) atoms. The number of aliphatic carboxylic acids is 1. The predicted octanol–water partition coefficient (Wildman–Crippen LogP) is 4.16. The molecule has 1 heterocycles. The van der Waals surface area contributed by atoms with Gasteiger partial charge in [-0.25, -0.2) is 9.18 Å². The lowest BCUT2D eigenvalue weighted by molar-refractivity contribution is -0.154. The van der Waals surface area contributed by atoms with Crippen molar-refractivity contribution < 1.29 is 19.0 Å². The van der Waals surface area contributed by atoms with Crippen molar-refractivity contribution in [1.82, 2.24) is 0 Å². The van der Waals surface area contributed by atoms with Crippen LogP contribution < -0.4 is 4.74 Å². The molecule has 0 fully saturated rings. The van der Waals surface area contributed by atoms with Gasteiger partial charge in [0.05, 0.1) is 5.02 Å². The largest absolute Gasteiger partial charge is 0.478 e. The van der Waals surface area contributed by atoms with Crippen LogP contribution in [0.4, 0.5) is 4.39 Å². The van der Waals surface area contributed by atoms with E-state index < -0.39 is 17.4 Å². The molecule has 0 bridgehead atoms. The standard InChI is InChI=1S/C15H9BrClFO3/c16-12-9-7-15(14(19)20,8-4-2-1-3-5-8)21-11(9)6-10(18)13(12)17/h1-6H,7H2,(H,19,20). The fourth-order valence-corrected chi connectivity index (χ4v) is 3.14. The number of carboxylic acid groups (broad SMARTS) is 1. The molecule has 0 saturated carbocycles. The molecule has 1 aliphatic rings. The fourth-order valence-electron chi connectivity index (χ4n) is 2.45. The topological polar surface area (TPSA) is 46.5 Å². The lowest BCUT2D eigenvalue weighted by atomic mass is 9.89. The van der Waals surface area contributed by atoms with Gasteiger partial charge in [0.1, 0.15) is 11.6 Å². The third kappa shape index (κ3) is 2.12. The van der Waals surface area contributed by atoms with Gasteiger partial charge < -0.3 is 9.84 Å². The van der Waals surface area contributed by atoms with Crippen LogP contribution in [0.3, 0.4) is 0 Å². The summed E-state index contributed by atoms with van der Waals surface area (Å²) in [4.78, 5) is 11.8. The summed E-state index contributed by atoms with van der Waals surface area (Å²) in [5, 5.41) is 9.57. The maximum atomic E-state index is 13.7. The summed E-state index contributed by atoms with van der Waals surface area (Å²) in [6, 6.07) is 9.71. The van der Waals surface area contributed by atoms with Crippen molar-refractivity contribution in [2.24, 2.45) is 0 Å². The number of fused-ring (bicyclic) bond motifs is 1. The first kappa shape index (κ1) is 14.4. The van der Waals surface area contributed by atoms with Crippen molar-refractivity contribution in [2.45, 2.75) is 12.0 Å². The van der Waals surface area contributed by atoms with E-state index in [0.717, 1.165) is 6.07 Å². The molecule has 2 aromatic carbocycles. The highest BCUT2D eigenvalue weighted by Crippen LogP contribution is 2.47. The Hall–Kier alpha value is -1.59. The first-order valence-corrected chi connectivity index (χ1v) is 7.27. The first-order valence-electron chi connectivity index (χ1n) is 6.10. The van der Waals surface area contributed by atoms with E-state index in [-0.39, 0.29) is 17.2 Å². The second kappa shape index (κ2) is 5.00. The summed E-state index contributed by atoms with van der Waals surface area (Å²) in [5.41, 5.74) is -0.520. The van der Waals surface area contributed by atoms with Crippen LogP contribution in [0.2, 0.25) is 5.02 Å². The lowest BCUT2D eigenvalue weighted by Crippen LogP contribution is -2.40. The van der Waals surface area contributed by atoms with Gasteiger partial charge in [0, 0.05) is 28.1 Å². The lowest BCUT2D eigenvalue weighted by Gasteiger charge is -2.24. The van der Waals surface area contributed by atoms with E-state index in [4.69, 9.17) is 16.3 Å². The molecule has 3 rings (SSSR count). The SMILES string of the molecule is O=C(O)C1(c2ccccc2)Cc2c(cc(F)c(Cl)c2Br)O1. The fraction of sp³-hybridized carbons (Fsp3) is 0.133. The Morgan fingerprint density at radius 1 is 1.38 bits per heavy atom. The Morgan fingerprint density at radius 3 is 2.67 bits per heavy atom. The summed E-state index contributed by atoms with van der Waals surface area (Å²) in [5.74, 6) is -1.60. The quantitative estimate of drug-likeness (QED) is 0.807. The molecule has 1 unspecified atom stereocenters. The minimum absolute atomic E-state index is 0.0717. The van der Waals surface area contributed by atoms with Crippen LogP contribution in [-0.4, -0.2) is 11.1 Å². The minimum atomic E-state index is -1.57. The van der Waals surface area contributed by atoms with E-state index in [1.54, 1.807) is 30.3 Å². The molecule has 0 aromatic heterocycles. The maximum absolute atomic E-state index is 13.7. The maximum Gasteiger partial charge on any atom is 0.353 e. The van der Waals surface area contributed by atoms with Gasteiger partial charge in [-0.15, -0.1) is 0 Å². The van der Waals surface area contributed by atoms with Crippen molar-refractivity contribution in [2.75, 3.05) is 0 Å². The summed E-state index contributed by atoms with van der Waals surface area (Å²) in [6.45, 7) is 0. The number of halogens is 3. The number of hydrogen-bond acceptors (Lipinski definition) is 2. The highest BCUT2D eigenvalue weighted by Gasteiger charge is 2.49. The van der Waals surface area contributed by atoms with Crippen molar-refractivity contribution in [3.05, 3.63) is 62.8 Å². The smallest absolute Gasteiger partial charge is 0.353 e. The van der Waals surface area contributed by atoms with Crippen molar-refractivity contribution in [1.29, 1.82) is 0 Å². The third-order valence-electron chi connectivity index (χ3n) is 3.52. The Balaban J connectivity index is 2.17. The van der Waals surface area contributed by atoms with Crippen molar-refractivity contribution in [3.8, 4) is 5.75 Å². The predicted molar refractivity (Wildman–Crippen MR) is 79.2 cm³/mol. The van der Waals surface area contributed by atoms with Crippen LogP contribution in [0.1, 0.15) is 11.1 Å². The first-order chi connectivity index (χ1) is 9.95. The zero-order valence-electron chi connectivity index (χ0n) is 10.6. The molecule has 0 spiro atoms. The Labute approximate surface area is 133 Å². The van der Waals surface area contributed by atoms with Crippen LogP contribution in [-0.2, 0) is 16.8 Å². The number of rotatable bonds is 2. The zero-order valence-corrected chi connectivity index (χ0v) is 12.9. The van der Waals surface area contributed by atoms with Gasteiger partial charge in [-0.2, -0.15) is 0 Å². The normalized spacial score (nSPS) is 20.0. The molecular formula is C15H9BrClFO3. The second-order valence-electron chi connectivity index (χ2n) is 4.74. The number of carbonyl (C=O) groups is 1. The molecule has 3 nitrogen and oxygen atoms in total. The molecule has 6 heteroatoms. The molecule has 0 amide bonds. The highest BCUT2D eigenvalue weighted by atomic mass is 79.9. The molecule has 0 saturated heterocycles. The average Bonchev–Trinajstić information content (AvgIpc) is 2.87. The summed E-state index contributed by atoms with van der Waals surface area (Å²) < 4.78 is 19.7. The van der Waals surface area contributed by atoms with Gasteiger partial charge >= 0.3 is 5.97 Å². The van der Waals surface area contributed by atoms with E-state index in [0.29, 0.717) is 15.6 Å². The molecule has 0 aliphatic carbocycles. The molecule has 2 aromatic rings. The van der Waals surface area contributed by atoms with E-state index in [2.05, 4.69) is 15.9 Å². The number of carboxylic acids is 1. The van der Waals surface area contributed by atoms with Gasteiger partial charge in [0.15, 0.2) is 0 Å². The summed E-state index contributed by atoms with van der Waals surface area (Å²) in [6.07, 6.45) is 0.0717. The molecular weight excluding hydrogens is 363 g/mol. The average molecular weight is 372 g/mol. The molecule has 1 atom stereocenters. The minimum Gasteiger partial charge on any atom is -0.478 e. The van der Waals surface area contributed by atoms with Gasteiger partial charge in [-0.1, -0.05) is 41.9 Å². The van der Waals surface area contributed by atoms with Crippen LogP contribution in [0.5, 0.6) is 5.75 Å². The van der Waals surface area contributed by atoms with Crippen molar-refractivity contribution in [3.63, 3.8) is 0 Å². The van der Waals surface area contributed by atoms with E-state index in [9.17, 15) is 14.3 Å². The van der Waals surface area contributed by atoms with E-state index >= 15 is 0 Å². The molecule has 0 radical (unpaired) electrons. The van der Waals surface area contributed by atoms with Gasteiger partial charge in [0.2, 0.25) is 5.60 Å². The van der Waals surface area contributed by atoms with Crippen molar-refractivity contribution >= 4 is 33.5 Å². The Morgan fingerprint density at radius 2 is 2.05 bits per heavy atom. The van der Waals surface area contributed by atoms with Gasteiger partial charge in [0.25, 0.3) is 0 Å². The van der Waals surface area contributed by atoms with Crippen LogP contribution in [0.15, 0.2) is 40.9 Å². The van der Waals surface area contributed by atoms with E-state index in [1.165, 1.54) is 0 Å². The van der Waals surface area contributed by atoms with Crippen LogP contribution >= 0.6 is 27.5 Å². The van der Waals surface area contributed by atoms with Gasteiger partial charge in [-0.05, 0) is 15.9 Å². The van der Waals surface area contributed by atoms with Gasteiger partial charge in [-0.3, -0.25) is 0 Å². The van der Waals surface area contributed by atoms with Crippen LogP contribution in [0, 0.1) is 5.82 Å². The highest BCUT2D eigenvalue weighted by molar-refractivity contribution is 9.10. The third-order valence-corrected chi connectivity index (χ3v) is 4.99. The number of hydrogen-bond donors (Lipinski definition) is 1. The molecule has 1 aliphatic heterocycles. The Bertz CT molecular complexity index is 735. The molecule has 108 valence electrons. The number of benzene rings is 2. The van der Waals surface area contributed by atoms with E-state index in [1.807, 2.05) is 0 Å². The Kier molecular flexibility index (Phi) is 3.42. The monoisotopic (exact) mass is 370 g/mol. The summed E-state index contributed by atoms with van der Waals surface area (Å²) in [7, 11) is 0. The second-order valence-corrected chi connectivity index (χ2v) is 5.91. The molecule has 1 N–H and O–H groups in total. The van der Waals surface area contributed by atoms with Crippen LogP contribution in [0.25, 0.3) is 0 Å². The zero-order chi connectivity index (χ0) is 15.2.